The van der Waals surface area contributed by atoms with E-state index in [1.54, 1.807) is 4.90 Å². The molecule has 39 heavy (non-hydrogen) atoms. The highest BCUT2D eigenvalue weighted by Crippen LogP contribution is 2.29. The van der Waals surface area contributed by atoms with Crippen LogP contribution < -0.4 is 16.0 Å². The fourth-order valence-electron chi connectivity index (χ4n) is 3.58. The third-order valence-electron chi connectivity index (χ3n) is 5.47. The molecule has 0 spiro atoms. The van der Waals surface area contributed by atoms with Gasteiger partial charge >= 0.3 is 0 Å². The highest BCUT2D eigenvalue weighted by molar-refractivity contribution is 9.10. The van der Waals surface area contributed by atoms with Crippen molar-refractivity contribution in [3.63, 3.8) is 0 Å². The van der Waals surface area contributed by atoms with E-state index in [4.69, 9.17) is 5.73 Å². The summed E-state index contributed by atoms with van der Waals surface area (Å²) in [6.45, 7) is 0.383. The van der Waals surface area contributed by atoms with Gasteiger partial charge in [-0.15, -0.1) is 0 Å². The van der Waals surface area contributed by atoms with Gasteiger partial charge in [0.05, 0.1) is 17.7 Å². The topological polar surface area (TPSA) is 118 Å². The number of halogens is 2. The molecule has 1 heterocycles. The summed E-state index contributed by atoms with van der Waals surface area (Å²) in [5.41, 5.74) is 7.91. The monoisotopic (exact) mass is 667 g/mol. The normalized spacial score (nSPS) is 10.6. The molecule has 0 saturated heterocycles. The maximum absolute atomic E-state index is 13.6. The molecule has 4 rings (SSSR count). The van der Waals surface area contributed by atoms with Crippen LogP contribution in [0.2, 0.25) is 0 Å². The van der Waals surface area contributed by atoms with E-state index < -0.39 is 5.91 Å². The summed E-state index contributed by atoms with van der Waals surface area (Å²) < 4.78 is 1.77. The number of nitrogens with two attached hydrogens (primary N) is 1. The van der Waals surface area contributed by atoms with E-state index in [-0.39, 0.29) is 40.4 Å². The number of benzene rings is 3. The number of amides is 3. The maximum Gasteiger partial charge on any atom is 0.253 e. The van der Waals surface area contributed by atoms with Crippen molar-refractivity contribution in [2.75, 3.05) is 10.7 Å². The van der Waals surface area contributed by atoms with E-state index in [2.05, 4.69) is 47.1 Å². The van der Waals surface area contributed by atoms with Crippen molar-refractivity contribution < 1.29 is 14.4 Å². The number of rotatable bonds is 10. The van der Waals surface area contributed by atoms with E-state index in [1.165, 1.54) is 6.20 Å². The number of hydrogen-bond acceptors (Lipinski definition) is 6. The minimum absolute atomic E-state index is 0.0153. The van der Waals surface area contributed by atoms with Gasteiger partial charge in [0.15, 0.2) is 0 Å². The Morgan fingerprint density at radius 2 is 1.46 bits per heavy atom. The standard InChI is InChI=1S/C28H23Br2N5O3S/c29-19-6-10-21(11-7-19)35(22-12-8-20(30)9-13-22)26(37)14-24-32-16-23(27(31)38)28(34-24)39-17-25(36)33-15-18-4-2-1-3-5-18/h1-13,16H,14-15,17H2,(H2,31,38)(H,33,36). The molecule has 0 radical (unpaired) electrons. The molecule has 0 aliphatic carbocycles. The zero-order chi connectivity index (χ0) is 27.8. The first-order chi connectivity index (χ1) is 18.8. The van der Waals surface area contributed by atoms with Gasteiger partial charge in [0.1, 0.15) is 10.9 Å². The molecule has 3 N–H and O–H groups in total. The Kier molecular flexibility index (Phi) is 9.85. The molecule has 11 heteroatoms. The Morgan fingerprint density at radius 3 is 2.03 bits per heavy atom. The quantitative estimate of drug-likeness (QED) is 0.172. The molecule has 1 aromatic heterocycles. The molecule has 0 atom stereocenters. The summed E-state index contributed by atoms with van der Waals surface area (Å²) in [6, 6.07) is 24.3. The third kappa shape index (κ3) is 7.98. The van der Waals surface area contributed by atoms with Crippen LogP contribution in [-0.4, -0.2) is 33.4 Å². The smallest absolute Gasteiger partial charge is 0.253 e. The van der Waals surface area contributed by atoms with Crippen LogP contribution in [0.15, 0.2) is 99.0 Å². The van der Waals surface area contributed by atoms with Crippen LogP contribution in [0.25, 0.3) is 0 Å². The van der Waals surface area contributed by atoms with E-state index in [0.717, 1.165) is 26.3 Å². The van der Waals surface area contributed by atoms with Crippen LogP contribution in [0, 0.1) is 0 Å². The van der Waals surface area contributed by atoms with Crippen molar-refractivity contribution in [3.05, 3.63) is 111 Å². The summed E-state index contributed by atoms with van der Waals surface area (Å²) in [4.78, 5) is 48.2. The molecule has 0 bridgehead atoms. The molecule has 0 aliphatic rings. The number of thioether (sulfide) groups is 1. The van der Waals surface area contributed by atoms with Crippen LogP contribution in [0.1, 0.15) is 21.7 Å². The molecule has 8 nitrogen and oxygen atoms in total. The highest BCUT2D eigenvalue weighted by atomic mass is 79.9. The van der Waals surface area contributed by atoms with E-state index in [9.17, 15) is 14.4 Å². The SMILES string of the molecule is NC(=O)c1cnc(CC(=O)N(c2ccc(Br)cc2)c2ccc(Br)cc2)nc1SCC(=O)NCc1ccccc1. The molecule has 0 fully saturated rings. The van der Waals surface area contributed by atoms with Gasteiger partial charge in [-0.3, -0.25) is 19.3 Å². The summed E-state index contributed by atoms with van der Waals surface area (Å²) >= 11 is 7.92. The average molecular weight is 669 g/mol. The van der Waals surface area contributed by atoms with Gasteiger partial charge in [-0.1, -0.05) is 74.0 Å². The highest BCUT2D eigenvalue weighted by Gasteiger charge is 2.22. The number of carbonyl (C=O) groups excluding carboxylic acids is 3. The Hall–Kier alpha value is -3.54. The second kappa shape index (κ2) is 13.5. The molecular formula is C28H23Br2N5O3S. The molecule has 198 valence electrons. The number of primary amides is 1. The molecule has 0 saturated carbocycles. The molecule has 3 amide bonds. The number of nitrogens with zero attached hydrogens (tertiary/aromatic N) is 3. The molecule has 3 aromatic carbocycles. The van der Waals surface area contributed by atoms with Crippen molar-refractivity contribution >= 4 is 72.7 Å². The second-order valence-electron chi connectivity index (χ2n) is 8.28. The lowest BCUT2D eigenvalue weighted by Crippen LogP contribution is -2.28. The van der Waals surface area contributed by atoms with E-state index in [0.29, 0.717) is 17.9 Å². The molecule has 4 aromatic rings. The van der Waals surface area contributed by atoms with Gasteiger partial charge in [-0.2, -0.15) is 0 Å². The summed E-state index contributed by atoms with van der Waals surface area (Å²) in [5.74, 6) is -1.00. The van der Waals surface area contributed by atoms with E-state index in [1.807, 2.05) is 78.9 Å². The predicted octanol–water partition coefficient (Wildman–Crippen LogP) is 5.42. The van der Waals surface area contributed by atoms with Crippen molar-refractivity contribution in [2.24, 2.45) is 5.73 Å². The van der Waals surface area contributed by atoms with E-state index >= 15 is 0 Å². The van der Waals surface area contributed by atoms with Crippen molar-refractivity contribution in [2.45, 2.75) is 18.0 Å². The number of anilines is 2. The van der Waals surface area contributed by atoms with Crippen molar-refractivity contribution in [3.8, 4) is 0 Å². The Labute approximate surface area is 246 Å². The Bertz CT molecular complexity index is 1420. The van der Waals surface area contributed by atoms with Crippen LogP contribution in [0.4, 0.5) is 11.4 Å². The number of nitrogens with one attached hydrogen (secondary N) is 1. The first-order valence-corrected chi connectivity index (χ1v) is 14.3. The molecular weight excluding hydrogens is 646 g/mol. The Balaban J connectivity index is 1.51. The van der Waals surface area contributed by atoms with Crippen LogP contribution in [0.3, 0.4) is 0 Å². The predicted molar refractivity (Wildman–Crippen MR) is 159 cm³/mol. The maximum atomic E-state index is 13.6. The lowest BCUT2D eigenvalue weighted by molar-refractivity contribution is -0.119. The molecule has 0 unspecified atom stereocenters. The van der Waals surface area contributed by atoms with Gasteiger partial charge in [-0.25, -0.2) is 9.97 Å². The lowest BCUT2D eigenvalue weighted by atomic mass is 10.2. The van der Waals surface area contributed by atoms with Gasteiger partial charge in [0, 0.05) is 33.1 Å². The fraction of sp³-hybridized carbons (Fsp3) is 0.107. The largest absolute Gasteiger partial charge is 0.365 e. The number of hydrogen-bond donors (Lipinski definition) is 2. The number of aromatic nitrogens is 2. The van der Waals surface area contributed by atoms with Gasteiger partial charge < -0.3 is 11.1 Å². The van der Waals surface area contributed by atoms with Crippen LogP contribution >= 0.6 is 43.6 Å². The summed E-state index contributed by atoms with van der Waals surface area (Å²) in [7, 11) is 0. The fourth-order valence-corrected chi connectivity index (χ4v) is 4.96. The summed E-state index contributed by atoms with van der Waals surface area (Å²) in [6.07, 6.45) is 1.16. The zero-order valence-corrected chi connectivity index (χ0v) is 24.5. The van der Waals surface area contributed by atoms with Gasteiger partial charge in [0.25, 0.3) is 5.91 Å². The lowest BCUT2D eigenvalue weighted by Gasteiger charge is -2.23. The number of carbonyl (C=O) groups is 3. The van der Waals surface area contributed by atoms with Crippen molar-refractivity contribution in [1.29, 1.82) is 0 Å². The minimum Gasteiger partial charge on any atom is -0.365 e. The van der Waals surface area contributed by atoms with Crippen molar-refractivity contribution in [1.82, 2.24) is 15.3 Å². The average Bonchev–Trinajstić information content (AvgIpc) is 2.93. The third-order valence-corrected chi connectivity index (χ3v) is 7.52. The summed E-state index contributed by atoms with van der Waals surface area (Å²) in [5, 5.41) is 3.08. The second-order valence-corrected chi connectivity index (χ2v) is 11.1. The first kappa shape index (κ1) is 28.5. The minimum atomic E-state index is -0.716. The van der Waals surface area contributed by atoms with Gasteiger partial charge in [0.2, 0.25) is 11.8 Å². The van der Waals surface area contributed by atoms with Gasteiger partial charge in [-0.05, 0) is 54.1 Å². The van der Waals surface area contributed by atoms with Crippen LogP contribution in [0.5, 0.6) is 0 Å². The Morgan fingerprint density at radius 1 is 0.872 bits per heavy atom. The first-order valence-electron chi connectivity index (χ1n) is 11.7. The molecule has 0 aliphatic heterocycles. The van der Waals surface area contributed by atoms with Crippen LogP contribution in [-0.2, 0) is 22.6 Å². The zero-order valence-electron chi connectivity index (χ0n) is 20.5.